The van der Waals surface area contributed by atoms with Gasteiger partial charge in [-0.3, -0.25) is 0 Å². The summed E-state index contributed by atoms with van der Waals surface area (Å²) >= 11 is 0. The van der Waals surface area contributed by atoms with Crippen LogP contribution in [0.1, 0.15) is 20.7 Å². The molecule has 3 heteroatoms. The quantitative estimate of drug-likeness (QED) is 0.311. The summed E-state index contributed by atoms with van der Waals surface area (Å²) in [5.41, 5.74) is 0. The Morgan fingerprint density at radius 3 is 1.88 bits per heavy atom. The van der Waals surface area contributed by atoms with Crippen LogP contribution in [0, 0.1) is 0 Å². The molecule has 0 atom stereocenters. The van der Waals surface area contributed by atoms with Crippen molar-refractivity contribution in [2.75, 3.05) is 13.1 Å². The molecule has 0 amide bonds. The maximum absolute atomic E-state index is 5.47. The molecular formula is C5H11BLiN. The topological polar surface area (TPSA) is 3.24 Å². The second-order valence-electron chi connectivity index (χ2n) is 2.10. The molecule has 0 bridgehead atoms. The summed E-state index contributed by atoms with van der Waals surface area (Å²) in [5.74, 6) is 0. The van der Waals surface area contributed by atoms with Crippen LogP contribution in [0.4, 0.5) is 0 Å². The second kappa shape index (κ2) is 4.50. The van der Waals surface area contributed by atoms with Gasteiger partial charge in [0.2, 0.25) is 0 Å². The van der Waals surface area contributed by atoms with E-state index >= 15 is 0 Å². The molecule has 0 saturated carbocycles. The van der Waals surface area contributed by atoms with Crippen LogP contribution >= 0.6 is 0 Å². The Balaban J connectivity index is 0. The van der Waals surface area contributed by atoms with E-state index in [1.54, 1.807) is 0 Å². The van der Waals surface area contributed by atoms with Crippen LogP contribution in [0.25, 0.3) is 0 Å². The van der Waals surface area contributed by atoms with Gasteiger partial charge >= 0.3 is 18.9 Å². The van der Waals surface area contributed by atoms with Crippen LogP contribution < -0.4 is 18.9 Å². The van der Waals surface area contributed by atoms with Crippen molar-refractivity contribution in [1.29, 1.82) is 0 Å². The third-order valence-electron chi connectivity index (χ3n) is 1.39. The van der Waals surface area contributed by atoms with E-state index in [2.05, 4.69) is 0 Å². The fraction of sp³-hybridized carbons (Fsp3) is 1.00. The van der Waals surface area contributed by atoms with Crippen LogP contribution in [0.15, 0.2) is 0 Å². The fourth-order valence-electron chi connectivity index (χ4n) is 0.918. The van der Waals surface area contributed by atoms with E-state index in [0.717, 1.165) is 13.1 Å². The van der Waals surface area contributed by atoms with Crippen LogP contribution in [-0.2, 0) is 0 Å². The zero-order valence-electron chi connectivity index (χ0n) is 6.56. The van der Waals surface area contributed by atoms with Gasteiger partial charge < -0.3 is 6.24 Å². The largest absolute Gasteiger partial charge is 1.00 e. The third kappa shape index (κ3) is 2.82. The van der Waals surface area contributed by atoms with Crippen molar-refractivity contribution in [3.63, 3.8) is 0 Å². The van der Waals surface area contributed by atoms with Gasteiger partial charge in [-0.1, -0.05) is 6.42 Å². The first kappa shape index (κ1) is 8.62. The summed E-state index contributed by atoms with van der Waals surface area (Å²) in [5, 5.41) is 0. The minimum Gasteiger partial charge on any atom is -1.00 e. The molecule has 1 nitrogen and oxygen atoms in total. The van der Waals surface area contributed by atoms with Crippen molar-refractivity contribution in [3.8, 4) is 0 Å². The second-order valence-corrected chi connectivity index (χ2v) is 2.10. The van der Waals surface area contributed by atoms with Gasteiger partial charge in [-0.05, 0) is 25.9 Å². The maximum atomic E-state index is 5.47. The van der Waals surface area contributed by atoms with E-state index in [9.17, 15) is 0 Å². The molecule has 1 heterocycles. The molecule has 40 valence electrons. The van der Waals surface area contributed by atoms with Gasteiger partial charge in [-0.25, -0.2) is 0 Å². The predicted molar refractivity (Wildman–Crippen MR) is 32.3 cm³/mol. The van der Waals surface area contributed by atoms with Crippen molar-refractivity contribution >= 4 is 7.98 Å². The van der Waals surface area contributed by atoms with Gasteiger partial charge in [0.1, 0.15) is 0 Å². The van der Waals surface area contributed by atoms with Gasteiger partial charge in [0.15, 0.2) is 7.98 Å². The summed E-state index contributed by atoms with van der Waals surface area (Å²) in [7, 11) is 5.47. The SMILES string of the molecule is [B]N1CCCCC1.[H-].[Li+]. The summed E-state index contributed by atoms with van der Waals surface area (Å²) in [6.07, 6.45) is 3.95. The smallest absolute Gasteiger partial charge is 1.00 e. The summed E-state index contributed by atoms with van der Waals surface area (Å²) in [4.78, 5) is 1.89. The minimum atomic E-state index is 0. The first-order valence-corrected chi connectivity index (χ1v) is 2.89. The number of hydrogen-bond donors (Lipinski definition) is 0. The molecule has 1 aliphatic heterocycles. The molecule has 8 heavy (non-hydrogen) atoms. The Hall–Kier alpha value is 0.622. The number of nitrogens with zero attached hydrogens (tertiary/aromatic N) is 1. The molecule has 0 aromatic rings. The maximum Gasteiger partial charge on any atom is 1.00 e. The van der Waals surface area contributed by atoms with Gasteiger partial charge in [0.05, 0.1) is 0 Å². The Bertz CT molecular complexity index is 58.9. The molecule has 0 N–H and O–H groups in total. The number of hydrogen-bond acceptors (Lipinski definition) is 1. The molecule has 0 unspecified atom stereocenters. The molecule has 1 fully saturated rings. The standard InChI is InChI=1S/C5H10BN.Li.H/c6-7-4-2-1-3-5-7;;/h1-5H2;;/q;+1;-1. The molecule has 0 aromatic carbocycles. The number of piperidine rings is 1. The zero-order chi connectivity index (χ0) is 5.11. The van der Waals surface area contributed by atoms with Gasteiger partial charge in [0.25, 0.3) is 0 Å². The van der Waals surface area contributed by atoms with E-state index in [4.69, 9.17) is 7.98 Å². The van der Waals surface area contributed by atoms with E-state index in [1.165, 1.54) is 19.3 Å². The third-order valence-corrected chi connectivity index (χ3v) is 1.39. The van der Waals surface area contributed by atoms with Gasteiger partial charge in [-0.15, -0.1) is 0 Å². The molecular weight excluding hydrogens is 91.8 g/mol. The van der Waals surface area contributed by atoms with Crippen molar-refractivity contribution < 1.29 is 20.3 Å². The molecule has 0 aliphatic carbocycles. The Morgan fingerprint density at radius 2 is 1.62 bits per heavy atom. The first-order chi connectivity index (χ1) is 3.39. The van der Waals surface area contributed by atoms with Gasteiger partial charge in [0, 0.05) is 0 Å². The predicted octanol–water partition coefficient (Wildman–Crippen LogP) is -2.33. The Labute approximate surface area is 65.9 Å². The van der Waals surface area contributed by atoms with E-state index in [0.29, 0.717) is 0 Å². The fourth-order valence-corrected chi connectivity index (χ4v) is 0.918. The number of rotatable bonds is 0. The van der Waals surface area contributed by atoms with Crippen molar-refractivity contribution in [3.05, 3.63) is 0 Å². The first-order valence-electron chi connectivity index (χ1n) is 2.89. The van der Waals surface area contributed by atoms with E-state index < -0.39 is 0 Å². The zero-order valence-corrected chi connectivity index (χ0v) is 5.56. The van der Waals surface area contributed by atoms with Crippen molar-refractivity contribution in [1.82, 2.24) is 4.81 Å². The van der Waals surface area contributed by atoms with Gasteiger partial charge in [-0.2, -0.15) is 0 Å². The molecule has 2 radical (unpaired) electrons. The van der Waals surface area contributed by atoms with E-state index in [1.807, 2.05) is 4.81 Å². The molecule has 1 aliphatic rings. The van der Waals surface area contributed by atoms with Crippen LogP contribution in [-0.4, -0.2) is 25.9 Å². The Kier molecular flexibility index (Phi) is 4.85. The van der Waals surface area contributed by atoms with Crippen molar-refractivity contribution in [2.45, 2.75) is 19.3 Å². The molecule has 1 rings (SSSR count). The molecule has 0 spiro atoms. The Morgan fingerprint density at radius 1 is 1.12 bits per heavy atom. The van der Waals surface area contributed by atoms with Crippen LogP contribution in [0.2, 0.25) is 0 Å². The van der Waals surface area contributed by atoms with E-state index in [-0.39, 0.29) is 20.3 Å². The normalized spacial score (nSPS) is 22.0. The summed E-state index contributed by atoms with van der Waals surface area (Å²) in [6, 6.07) is 0. The van der Waals surface area contributed by atoms with Crippen LogP contribution in [0.5, 0.6) is 0 Å². The summed E-state index contributed by atoms with van der Waals surface area (Å²) in [6.45, 7) is 2.19. The minimum absolute atomic E-state index is 0. The molecule has 1 saturated heterocycles. The average molecular weight is 103 g/mol. The summed E-state index contributed by atoms with van der Waals surface area (Å²) < 4.78 is 0. The van der Waals surface area contributed by atoms with Crippen molar-refractivity contribution in [2.24, 2.45) is 0 Å². The molecule has 0 aromatic heterocycles. The van der Waals surface area contributed by atoms with Crippen LogP contribution in [0.3, 0.4) is 0 Å². The monoisotopic (exact) mass is 103 g/mol. The average Bonchev–Trinajstić information content (AvgIpc) is 1.69.